The molecule has 1 saturated carbocycles. The number of ether oxygens (including phenoxy) is 1. The Morgan fingerprint density at radius 1 is 1.00 bits per heavy atom. The zero-order valence-corrected chi connectivity index (χ0v) is 15.1. The zero-order chi connectivity index (χ0) is 16.3. The van der Waals surface area contributed by atoms with Crippen LogP contribution in [0, 0.1) is 11.8 Å². The molecule has 0 aliphatic heterocycles. The molecule has 0 bridgehead atoms. The summed E-state index contributed by atoms with van der Waals surface area (Å²) in [7, 11) is 0. The Kier molecular flexibility index (Phi) is 8.28. The first-order chi connectivity index (χ1) is 11.3. The average Bonchev–Trinajstić information content (AvgIpc) is 2.59. The second kappa shape index (κ2) is 10.5. The fourth-order valence-corrected chi connectivity index (χ4v) is 3.59. The van der Waals surface area contributed by atoms with Gasteiger partial charge in [0.2, 0.25) is 0 Å². The molecule has 1 fully saturated rings. The van der Waals surface area contributed by atoms with E-state index in [9.17, 15) is 0 Å². The highest BCUT2D eigenvalue weighted by atomic mass is 16.5. The first-order valence-corrected chi connectivity index (χ1v) is 9.70. The molecule has 0 aromatic heterocycles. The van der Waals surface area contributed by atoms with Gasteiger partial charge in [0.1, 0.15) is 5.75 Å². The van der Waals surface area contributed by atoms with Gasteiger partial charge in [0, 0.05) is 0 Å². The van der Waals surface area contributed by atoms with E-state index in [1.807, 2.05) is 0 Å². The van der Waals surface area contributed by atoms with E-state index in [2.05, 4.69) is 50.3 Å². The number of allylic oxidation sites excluding steroid dienone is 2. The highest BCUT2D eigenvalue weighted by Gasteiger charge is 2.18. The molecule has 0 N–H and O–H groups in total. The molecule has 0 heterocycles. The van der Waals surface area contributed by atoms with Crippen LogP contribution in [0.25, 0.3) is 0 Å². The van der Waals surface area contributed by atoms with Crippen molar-refractivity contribution >= 4 is 0 Å². The monoisotopic (exact) mass is 314 g/mol. The third kappa shape index (κ3) is 6.81. The van der Waals surface area contributed by atoms with Crippen LogP contribution in [-0.4, -0.2) is 6.61 Å². The molecule has 0 saturated heterocycles. The molecule has 0 spiro atoms. The largest absolute Gasteiger partial charge is 0.494 e. The van der Waals surface area contributed by atoms with Gasteiger partial charge in [0.05, 0.1) is 6.61 Å². The van der Waals surface area contributed by atoms with E-state index in [1.54, 1.807) is 0 Å². The Morgan fingerprint density at radius 3 is 2.39 bits per heavy atom. The third-order valence-electron chi connectivity index (χ3n) is 4.99. The number of hydrogen-bond acceptors (Lipinski definition) is 1. The highest BCUT2D eigenvalue weighted by Crippen LogP contribution is 2.32. The summed E-state index contributed by atoms with van der Waals surface area (Å²) in [5.74, 6) is 2.85. The molecule has 1 heteroatoms. The third-order valence-corrected chi connectivity index (χ3v) is 4.99. The maximum atomic E-state index is 5.63. The summed E-state index contributed by atoms with van der Waals surface area (Å²) in [5.41, 5.74) is 1.41. The molecule has 2 rings (SSSR count). The minimum atomic E-state index is 0.808. The summed E-state index contributed by atoms with van der Waals surface area (Å²) in [5, 5.41) is 0. The van der Waals surface area contributed by atoms with Crippen molar-refractivity contribution in [2.75, 3.05) is 6.61 Å². The van der Waals surface area contributed by atoms with Gasteiger partial charge in [-0.25, -0.2) is 0 Å². The van der Waals surface area contributed by atoms with E-state index < -0.39 is 0 Å². The van der Waals surface area contributed by atoms with Crippen molar-refractivity contribution in [2.45, 2.75) is 71.6 Å². The topological polar surface area (TPSA) is 9.23 Å². The second-order valence-electron chi connectivity index (χ2n) is 7.03. The lowest BCUT2D eigenvalue weighted by Crippen LogP contribution is -2.12. The fraction of sp³-hybridized carbons (Fsp3) is 0.636. The van der Waals surface area contributed by atoms with E-state index in [4.69, 9.17) is 4.74 Å². The van der Waals surface area contributed by atoms with E-state index in [0.717, 1.165) is 43.5 Å². The van der Waals surface area contributed by atoms with Crippen molar-refractivity contribution in [1.82, 2.24) is 0 Å². The minimum absolute atomic E-state index is 0.808. The van der Waals surface area contributed by atoms with Gasteiger partial charge < -0.3 is 4.74 Å². The van der Waals surface area contributed by atoms with Gasteiger partial charge in [-0.3, -0.25) is 0 Å². The van der Waals surface area contributed by atoms with Crippen molar-refractivity contribution in [3.8, 4) is 5.75 Å². The van der Waals surface area contributed by atoms with Gasteiger partial charge in [-0.1, -0.05) is 51.0 Å². The summed E-state index contributed by atoms with van der Waals surface area (Å²) in [6.45, 7) is 5.26. The van der Waals surface area contributed by atoms with Gasteiger partial charge in [0.25, 0.3) is 0 Å². The Morgan fingerprint density at radius 2 is 1.74 bits per heavy atom. The van der Waals surface area contributed by atoms with E-state index in [0.29, 0.717) is 0 Å². The second-order valence-corrected chi connectivity index (χ2v) is 7.03. The van der Waals surface area contributed by atoms with E-state index >= 15 is 0 Å². The SMILES string of the molecule is CCCOc1ccc(CCC=C[C@H]2CC[C@H](CCC)CC2)cc1. The predicted octanol–water partition coefficient (Wildman–Crippen LogP) is 6.57. The van der Waals surface area contributed by atoms with Crippen LogP contribution in [0.3, 0.4) is 0 Å². The standard InChI is InChI=1S/C22H34O/c1-3-7-19-10-12-20(13-11-19)8-5-6-9-21-14-16-22(17-15-21)23-18-4-2/h5,8,14-17,19-20H,3-4,6-7,9-13,18H2,1-2H3/t19-,20-. The van der Waals surface area contributed by atoms with Crippen LogP contribution in [0.5, 0.6) is 5.75 Å². The van der Waals surface area contributed by atoms with Gasteiger partial charge in [-0.05, 0) is 74.5 Å². The van der Waals surface area contributed by atoms with Crippen molar-refractivity contribution < 1.29 is 4.74 Å². The quantitative estimate of drug-likeness (QED) is 0.468. The number of hydrogen-bond donors (Lipinski definition) is 0. The maximum Gasteiger partial charge on any atom is 0.119 e. The first-order valence-electron chi connectivity index (χ1n) is 9.70. The molecule has 1 aliphatic rings. The van der Waals surface area contributed by atoms with Gasteiger partial charge >= 0.3 is 0 Å². The summed E-state index contributed by atoms with van der Waals surface area (Å²) in [6.07, 6.45) is 16.8. The average molecular weight is 315 g/mol. The normalized spacial score (nSPS) is 21.7. The van der Waals surface area contributed by atoms with E-state index in [1.165, 1.54) is 44.1 Å². The molecule has 1 nitrogen and oxygen atoms in total. The molecule has 0 unspecified atom stereocenters. The predicted molar refractivity (Wildman–Crippen MR) is 100 cm³/mol. The van der Waals surface area contributed by atoms with Gasteiger partial charge in [0.15, 0.2) is 0 Å². The fourth-order valence-electron chi connectivity index (χ4n) is 3.59. The molecule has 23 heavy (non-hydrogen) atoms. The number of rotatable bonds is 9. The molecule has 1 aromatic rings. The zero-order valence-electron chi connectivity index (χ0n) is 15.1. The Balaban J connectivity index is 1.64. The maximum absolute atomic E-state index is 5.63. The Labute approximate surface area is 143 Å². The molecule has 0 radical (unpaired) electrons. The van der Waals surface area contributed by atoms with Crippen LogP contribution >= 0.6 is 0 Å². The smallest absolute Gasteiger partial charge is 0.119 e. The van der Waals surface area contributed by atoms with Crippen molar-refractivity contribution in [2.24, 2.45) is 11.8 Å². The molecule has 1 aliphatic carbocycles. The van der Waals surface area contributed by atoms with Gasteiger partial charge in [-0.15, -0.1) is 0 Å². The highest BCUT2D eigenvalue weighted by molar-refractivity contribution is 5.27. The summed E-state index contributed by atoms with van der Waals surface area (Å²) < 4.78 is 5.63. The van der Waals surface area contributed by atoms with Crippen LogP contribution in [0.4, 0.5) is 0 Å². The molecule has 0 atom stereocenters. The lowest BCUT2D eigenvalue weighted by Gasteiger charge is -2.26. The Hall–Kier alpha value is -1.24. The lowest BCUT2D eigenvalue weighted by atomic mass is 9.80. The summed E-state index contributed by atoms with van der Waals surface area (Å²) in [4.78, 5) is 0. The number of benzene rings is 1. The first kappa shape index (κ1) is 18.1. The van der Waals surface area contributed by atoms with Crippen molar-refractivity contribution in [3.05, 3.63) is 42.0 Å². The number of aryl methyl sites for hydroxylation is 1. The summed E-state index contributed by atoms with van der Waals surface area (Å²) in [6, 6.07) is 8.61. The van der Waals surface area contributed by atoms with Crippen LogP contribution in [-0.2, 0) is 6.42 Å². The molecule has 128 valence electrons. The van der Waals surface area contributed by atoms with Gasteiger partial charge in [-0.2, -0.15) is 0 Å². The van der Waals surface area contributed by atoms with Crippen LogP contribution in [0.2, 0.25) is 0 Å². The van der Waals surface area contributed by atoms with Crippen molar-refractivity contribution in [1.29, 1.82) is 0 Å². The molecule has 0 amide bonds. The van der Waals surface area contributed by atoms with Crippen LogP contribution in [0.1, 0.15) is 70.8 Å². The van der Waals surface area contributed by atoms with E-state index in [-0.39, 0.29) is 0 Å². The summed E-state index contributed by atoms with van der Waals surface area (Å²) >= 11 is 0. The van der Waals surface area contributed by atoms with Crippen molar-refractivity contribution in [3.63, 3.8) is 0 Å². The Bertz CT molecular complexity index is 438. The van der Waals surface area contributed by atoms with Crippen LogP contribution < -0.4 is 4.74 Å². The lowest BCUT2D eigenvalue weighted by molar-refractivity contribution is 0.294. The molecule has 1 aromatic carbocycles. The minimum Gasteiger partial charge on any atom is -0.494 e. The molecular formula is C22H34O. The molecular weight excluding hydrogens is 280 g/mol. The van der Waals surface area contributed by atoms with Crippen LogP contribution in [0.15, 0.2) is 36.4 Å².